The van der Waals surface area contributed by atoms with Crippen molar-refractivity contribution in [2.24, 2.45) is 7.05 Å². The van der Waals surface area contributed by atoms with Crippen molar-refractivity contribution in [2.45, 2.75) is 70.1 Å². The van der Waals surface area contributed by atoms with Crippen molar-refractivity contribution in [3.63, 3.8) is 0 Å². The second-order valence-corrected chi connectivity index (χ2v) is 14.3. The number of amides is 4. The first kappa shape index (κ1) is 34.1. The van der Waals surface area contributed by atoms with Gasteiger partial charge in [-0.3, -0.25) is 14.3 Å². The third-order valence-electron chi connectivity index (χ3n) is 11.3. The van der Waals surface area contributed by atoms with Gasteiger partial charge in [0.15, 0.2) is 6.10 Å². The molecule has 50 heavy (non-hydrogen) atoms. The molecule has 0 bridgehead atoms. The van der Waals surface area contributed by atoms with Crippen LogP contribution in [0, 0.1) is 6.92 Å². The molecule has 2 atom stereocenters. The van der Waals surface area contributed by atoms with Crippen molar-refractivity contribution in [3.05, 3.63) is 63.6 Å². The first-order chi connectivity index (χ1) is 24.2. The zero-order chi connectivity index (χ0) is 34.9. The fraction of sp³-hybridized carbons (Fsp3) is 0.568. The number of likely N-dealkylation sites (tertiary alicyclic amines) is 1. The number of fused-ring (bicyclic) bond motifs is 2. The van der Waals surface area contributed by atoms with E-state index in [2.05, 4.69) is 15.2 Å². The van der Waals surface area contributed by atoms with Crippen LogP contribution in [0.1, 0.15) is 55.2 Å². The fourth-order valence-electron chi connectivity index (χ4n) is 8.15. The number of ether oxygens (including phenoxy) is 2. The Morgan fingerprint density at radius 2 is 1.62 bits per heavy atom. The number of urea groups is 1. The van der Waals surface area contributed by atoms with Crippen LogP contribution in [0.15, 0.2) is 41.2 Å². The molecule has 7 rings (SSSR count). The third-order valence-corrected chi connectivity index (χ3v) is 11.3. The number of H-pyrrole nitrogens is 1. The standard InChI is InChI=1S/C37H49N7O6/c1-24-22-27(23-31-32(24)39-35(46)40(31)3)25(2)33(34(45)42-18-16-41(17-19-42)28-11-20-49-21-12-28)50-37(48)43-13-9-29(10-14-43)44-15-8-26-6-4-5-7-30(26)38-36(44)47/h4-7,22-23,25,28-29,33H,8-21H2,1-3H3,(H,38,47)(H,39,46). The number of anilines is 1. The zero-order valence-corrected chi connectivity index (χ0v) is 29.4. The molecule has 0 aliphatic carbocycles. The Hall–Kier alpha value is -4.36. The fourth-order valence-corrected chi connectivity index (χ4v) is 8.15. The van der Waals surface area contributed by atoms with E-state index in [0.29, 0.717) is 51.6 Å². The van der Waals surface area contributed by atoms with Crippen LogP contribution in [0.25, 0.3) is 11.0 Å². The summed E-state index contributed by atoms with van der Waals surface area (Å²) in [5, 5.41) is 3.05. The number of piperidine rings is 1. The molecule has 4 amide bonds. The molecule has 0 spiro atoms. The van der Waals surface area contributed by atoms with Gasteiger partial charge in [-0.2, -0.15) is 0 Å². The summed E-state index contributed by atoms with van der Waals surface area (Å²) < 4.78 is 13.3. The average Bonchev–Trinajstić information content (AvgIpc) is 3.32. The maximum atomic E-state index is 14.3. The van der Waals surface area contributed by atoms with Gasteiger partial charge in [0.25, 0.3) is 5.91 Å². The molecule has 2 aromatic carbocycles. The lowest BCUT2D eigenvalue weighted by Crippen LogP contribution is -2.56. The number of benzene rings is 2. The summed E-state index contributed by atoms with van der Waals surface area (Å²) in [6.07, 6.45) is 2.46. The van der Waals surface area contributed by atoms with Gasteiger partial charge in [0.05, 0.1) is 11.0 Å². The highest BCUT2D eigenvalue weighted by molar-refractivity contribution is 5.91. The van der Waals surface area contributed by atoms with Crippen molar-refractivity contribution in [1.29, 1.82) is 0 Å². The minimum Gasteiger partial charge on any atom is -0.435 e. The predicted molar refractivity (Wildman–Crippen MR) is 189 cm³/mol. The van der Waals surface area contributed by atoms with Crippen molar-refractivity contribution >= 4 is 34.8 Å². The van der Waals surface area contributed by atoms with Gasteiger partial charge < -0.3 is 34.5 Å². The molecular weight excluding hydrogens is 638 g/mol. The number of imidazole rings is 1. The molecule has 4 aliphatic heterocycles. The molecule has 0 radical (unpaired) electrons. The van der Waals surface area contributed by atoms with Crippen molar-refractivity contribution in [3.8, 4) is 0 Å². The maximum absolute atomic E-state index is 14.3. The molecule has 1 aromatic heterocycles. The second kappa shape index (κ2) is 14.5. The largest absolute Gasteiger partial charge is 0.435 e. The van der Waals surface area contributed by atoms with Crippen LogP contribution in [0.5, 0.6) is 0 Å². The lowest BCUT2D eigenvalue weighted by atomic mass is 9.92. The normalized spacial score (nSPS) is 21.0. The first-order valence-corrected chi connectivity index (χ1v) is 18.1. The molecule has 5 heterocycles. The molecule has 13 heteroatoms. The molecule has 3 saturated heterocycles. The number of aromatic nitrogens is 2. The first-order valence-electron chi connectivity index (χ1n) is 18.1. The summed E-state index contributed by atoms with van der Waals surface area (Å²) in [6, 6.07) is 12.1. The van der Waals surface area contributed by atoms with Gasteiger partial charge in [-0.15, -0.1) is 0 Å². The number of aryl methyl sites for hydroxylation is 2. The number of piperazine rings is 1. The van der Waals surface area contributed by atoms with Crippen molar-refractivity contribution in [2.75, 3.05) is 64.3 Å². The summed E-state index contributed by atoms with van der Waals surface area (Å²) in [4.78, 5) is 64.5. The van der Waals surface area contributed by atoms with Gasteiger partial charge in [-0.05, 0) is 67.9 Å². The van der Waals surface area contributed by atoms with E-state index in [9.17, 15) is 19.2 Å². The number of hydrogen-bond acceptors (Lipinski definition) is 7. The van der Waals surface area contributed by atoms with Crippen LogP contribution in [0.3, 0.4) is 0 Å². The van der Waals surface area contributed by atoms with E-state index >= 15 is 0 Å². The zero-order valence-electron chi connectivity index (χ0n) is 29.4. The lowest BCUT2D eigenvalue weighted by Gasteiger charge is -2.42. The minimum absolute atomic E-state index is 0.000522. The predicted octanol–water partition coefficient (Wildman–Crippen LogP) is 3.66. The average molecular weight is 688 g/mol. The Balaban J connectivity index is 1.05. The van der Waals surface area contributed by atoms with Crippen LogP contribution in [0.4, 0.5) is 15.3 Å². The van der Waals surface area contributed by atoms with Crippen molar-refractivity contribution in [1.82, 2.24) is 29.2 Å². The third kappa shape index (κ3) is 6.85. The van der Waals surface area contributed by atoms with Gasteiger partial charge in [0.2, 0.25) is 0 Å². The van der Waals surface area contributed by atoms with Crippen LogP contribution in [-0.2, 0) is 27.7 Å². The molecule has 2 unspecified atom stereocenters. The molecule has 268 valence electrons. The van der Waals surface area contributed by atoms with Crippen LogP contribution < -0.4 is 11.0 Å². The SMILES string of the molecule is Cc1cc(C(C)C(OC(=O)N2CCC(N3CCc4ccccc4NC3=O)CC2)C(=O)N2CCN(C3CCOCC3)CC2)cc2c1[nH]c(=O)n2C. The van der Waals surface area contributed by atoms with E-state index in [1.807, 2.05) is 60.0 Å². The van der Waals surface area contributed by atoms with E-state index in [-0.39, 0.29) is 23.7 Å². The Labute approximate surface area is 292 Å². The summed E-state index contributed by atoms with van der Waals surface area (Å²) in [6.45, 7) is 9.52. The van der Waals surface area contributed by atoms with Gasteiger partial charge in [-0.1, -0.05) is 31.2 Å². The molecule has 13 nitrogen and oxygen atoms in total. The second-order valence-electron chi connectivity index (χ2n) is 14.3. The highest BCUT2D eigenvalue weighted by Crippen LogP contribution is 2.30. The highest BCUT2D eigenvalue weighted by Gasteiger charge is 2.39. The monoisotopic (exact) mass is 687 g/mol. The van der Waals surface area contributed by atoms with Gasteiger partial charge >= 0.3 is 17.8 Å². The summed E-state index contributed by atoms with van der Waals surface area (Å²) in [5.74, 6) is -0.665. The number of nitrogens with one attached hydrogen (secondary N) is 2. The Morgan fingerprint density at radius 3 is 2.36 bits per heavy atom. The number of rotatable bonds is 6. The topological polar surface area (TPSA) is 132 Å². The van der Waals surface area contributed by atoms with E-state index in [4.69, 9.17) is 9.47 Å². The van der Waals surface area contributed by atoms with E-state index in [0.717, 1.165) is 79.0 Å². The maximum Gasteiger partial charge on any atom is 0.410 e. The molecular formula is C37H49N7O6. The molecule has 4 aliphatic rings. The van der Waals surface area contributed by atoms with Gasteiger partial charge in [-0.25, -0.2) is 14.4 Å². The molecule has 2 N–H and O–H groups in total. The molecule has 3 fully saturated rings. The highest BCUT2D eigenvalue weighted by atomic mass is 16.6. The smallest absolute Gasteiger partial charge is 0.410 e. The van der Waals surface area contributed by atoms with Gasteiger partial charge in [0.1, 0.15) is 0 Å². The number of hydrogen-bond donors (Lipinski definition) is 2. The Kier molecular flexibility index (Phi) is 9.87. The van der Waals surface area contributed by atoms with E-state index < -0.39 is 18.1 Å². The summed E-state index contributed by atoms with van der Waals surface area (Å²) in [5.41, 5.74) is 4.96. The quantitative estimate of drug-likeness (QED) is 0.405. The molecule has 0 saturated carbocycles. The van der Waals surface area contributed by atoms with Crippen LogP contribution >= 0.6 is 0 Å². The number of nitrogens with zero attached hydrogens (tertiary/aromatic N) is 5. The number of carbonyl (C=O) groups excluding carboxylic acids is 3. The Morgan fingerprint density at radius 1 is 0.900 bits per heavy atom. The number of para-hydroxylation sites is 1. The summed E-state index contributed by atoms with van der Waals surface area (Å²) in [7, 11) is 1.72. The lowest BCUT2D eigenvalue weighted by molar-refractivity contribution is -0.144. The van der Waals surface area contributed by atoms with Crippen LogP contribution in [-0.4, -0.2) is 124 Å². The minimum atomic E-state index is -1.04. The van der Waals surface area contributed by atoms with Gasteiger partial charge in [0, 0.05) is 89.8 Å². The van der Waals surface area contributed by atoms with Crippen molar-refractivity contribution < 1.29 is 23.9 Å². The molecule has 3 aromatic rings. The Bertz CT molecular complexity index is 1780. The van der Waals surface area contributed by atoms with Crippen LogP contribution in [0.2, 0.25) is 0 Å². The summed E-state index contributed by atoms with van der Waals surface area (Å²) >= 11 is 0. The number of aromatic amines is 1. The number of carbonyl (C=O) groups is 3. The van der Waals surface area contributed by atoms with E-state index in [1.165, 1.54) is 0 Å². The van der Waals surface area contributed by atoms with E-state index in [1.54, 1.807) is 16.5 Å².